The minimum atomic E-state index is -0.882. The summed E-state index contributed by atoms with van der Waals surface area (Å²) in [5, 5.41) is 9.32. The van der Waals surface area contributed by atoms with Gasteiger partial charge >= 0.3 is 5.97 Å². The molecule has 0 saturated heterocycles. The second kappa shape index (κ2) is 6.20. The van der Waals surface area contributed by atoms with Gasteiger partial charge in [-0.15, -0.1) is 0 Å². The van der Waals surface area contributed by atoms with Crippen molar-refractivity contribution in [1.82, 2.24) is 9.55 Å². The summed E-state index contributed by atoms with van der Waals surface area (Å²) in [7, 11) is -0.882. The summed E-state index contributed by atoms with van der Waals surface area (Å²) in [6, 6.07) is 0.0540. The number of carboxylic acid groups (broad SMARTS) is 1. The van der Waals surface area contributed by atoms with E-state index < -0.39 is 16.8 Å². The van der Waals surface area contributed by atoms with Crippen molar-refractivity contribution >= 4 is 28.5 Å². The van der Waals surface area contributed by atoms with Gasteiger partial charge < -0.3 is 9.67 Å². The lowest BCUT2D eigenvalue weighted by molar-refractivity contribution is -0.133. The Bertz CT molecular complexity index is 431. The van der Waals surface area contributed by atoms with Gasteiger partial charge in [0.1, 0.15) is 0 Å². The van der Waals surface area contributed by atoms with E-state index in [1.807, 2.05) is 24.6 Å². The van der Waals surface area contributed by atoms with E-state index in [-0.39, 0.29) is 11.8 Å². The van der Waals surface area contributed by atoms with Gasteiger partial charge in [-0.3, -0.25) is 9.00 Å². The number of nitrogens with zero attached hydrogens (tertiary/aromatic N) is 2. The number of hydrogen-bond donors (Lipinski definition) is 1. The molecule has 1 aromatic rings. The largest absolute Gasteiger partial charge is 0.481 e. The highest BCUT2D eigenvalue weighted by molar-refractivity contribution is 7.99. The molecule has 1 rings (SSSR count). The molecule has 0 bridgehead atoms. The predicted molar refractivity (Wildman–Crippen MR) is 69.0 cm³/mol. The molecule has 17 heavy (non-hydrogen) atoms. The molecular formula is C10H16N2O3S2. The number of aliphatic carboxylic acids is 1. The average Bonchev–Trinajstić information content (AvgIpc) is 2.55. The van der Waals surface area contributed by atoms with Gasteiger partial charge in [0.15, 0.2) is 5.16 Å². The van der Waals surface area contributed by atoms with Gasteiger partial charge in [0.2, 0.25) is 0 Å². The third kappa shape index (κ3) is 4.51. The molecule has 0 aliphatic carbocycles. The monoisotopic (exact) mass is 276 g/mol. The Balaban J connectivity index is 2.82. The lowest BCUT2D eigenvalue weighted by Gasteiger charge is -2.14. The van der Waals surface area contributed by atoms with Gasteiger partial charge in [-0.05, 0) is 13.8 Å². The summed E-state index contributed by atoms with van der Waals surface area (Å²) in [4.78, 5) is 14.8. The molecule has 0 radical (unpaired) electrons. The Morgan fingerprint density at radius 1 is 1.71 bits per heavy atom. The molecule has 0 aliphatic heterocycles. The van der Waals surface area contributed by atoms with Crippen LogP contribution in [0.2, 0.25) is 0 Å². The van der Waals surface area contributed by atoms with Crippen molar-refractivity contribution in [1.29, 1.82) is 0 Å². The summed E-state index contributed by atoms with van der Waals surface area (Å²) in [6.45, 7) is 3.81. The van der Waals surface area contributed by atoms with E-state index in [1.54, 1.807) is 6.26 Å². The van der Waals surface area contributed by atoms with E-state index in [0.29, 0.717) is 10.9 Å². The number of imidazole rings is 1. The zero-order valence-corrected chi connectivity index (χ0v) is 11.7. The molecule has 2 atom stereocenters. The topological polar surface area (TPSA) is 72.2 Å². The van der Waals surface area contributed by atoms with Crippen LogP contribution in [0.25, 0.3) is 0 Å². The van der Waals surface area contributed by atoms with Crippen LogP contribution in [0.1, 0.15) is 18.7 Å². The van der Waals surface area contributed by atoms with Crippen molar-refractivity contribution in [2.45, 2.75) is 25.0 Å². The Hall–Kier alpha value is -0.820. The molecule has 5 nitrogen and oxygen atoms in total. The Kier molecular flexibility index (Phi) is 5.20. The normalized spacial score (nSPS) is 14.5. The zero-order chi connectivity index (χ0) is 13.0. The number of carbonyl (C=O) groups is 1. The quantitative estimate of drug-likeness (QED) is 0.793. The van der Waals surface area contributed by atoms with Crippen molar-refractivity contribution in [3.63, 3.8) is 0 Å². The van der Waals surface area contributed by atoms with E-state index >= 15 is 0 Å². The molecule has 7 heteroatoms. The molecule has 1 aromatic heterocycles. The lowest BCUT2D eigenvalue weighted by Crippen LogP contribution is -2.13. The maximum absolute atomic E-state index is 11.2. The Labute approximate surface area is 107 Å². The smallest absolute Gasteiger partial charge is 0.313 e. The number of thioether (sulfide) groups is 1. The van der Waals surface area contributed by atoms with Crippen LogP contribution in [0.5, 0.6) is 0 Å². The highest BCUT2D eigenvalue weighted by Gasteiger charge is 2.14. The summed E-state index contributed by atoms with van der Waals surface area (Å²) in [5.41, 5.74) is 0.839. The van der Waals surface area contributed by atoms with Crippen molar-refractivity contribution in [2.75, 3.05) is 17.8 Å². The summed E-state index contributed by atoms with van der Waals surface area (Å²) in [6.07, 6.45) is 3.52. The zero-order valence-electron chi connectivity index (χ0n) is 10.0. The first-order chi connectivity index (χ1) is 7.90. The predicted octanol–water partition coefficient (Wildman–Crippen LogP) is 1.31. The van der Waals surface area contributed by atoms with Crippen LogP contribution in [-0.2, 0) is 15.6 Å². The molecule has 0 fully saturated rings. The standard InChI is InChI=1S/C10H16N2O3S2/c1-7-4-12(8(2)6-17(3)15)10(11-7)16-5-9(13)14/h4,8H,5-6H2,1-3H3,(H,13,14). The number of aromatic nitrogens is 2. The van der Waals surface area contributed by atoms with Crippen LogP contribution in [0.4, 0.5) is 0 Å². The lowest BCUT2D eigenvalue weighted by atomic mass is 10.4. The first-order valence-corrected chi connectivity index (χ1v) is 7.81. The van der Waals surface area contributed by atoms with Crippen LogP contribution in [0.3, 0.4) is 0 Å². The highest BCUT2D eigenvalue weighted by Crippen LogP contribution is 2.22. The number of carboxylic acids is 1. The molecule has 1 N–H and O–H groups in total. The molecule has 0 aliphatic rings. The van der Waals surface area contributed by atoms with E-state index in [1.165, 1.54) is 11.8 Å². The van der Waals surface area contributed by atoms with E-state index in [2.05, 4.69) is 4.98 Å². The average molecular weight is 276 g/mol. The highest BCUT2D eigenvalue weighted by atomic mass is 32.2. The fourth-order valence-corrected chi connectivity index (χ4v) is 3.15. The third-order valence-corrected chi connectivity index (χ3v) is 4.00. The molecule has 0 aromatic carbocycles. The summed E-state index contributed by atoms with van der Waals surface area (Å²) < 4.78 is 13.1. The van der Waals surface area contributed by atoms with E-state index in [9.17, 15) is 9.00 Å². The summed E-state index contributed by atoms with van der Waals surface area (Å²) in [5.74, 6) is -0.344. The molecule has 0 amide bonds. The first-order valence-electron chi connectivity index (χ1n) is 5.10. The summed E-state index contributed by atoms with van der Waals surface area (Å²) >= 11 is 1.18. The Morgan fingerprint density at radius 2 is 2.35 bits per heavy atom. The van der Waals surface area contributed by atoms with Crippen molar-refractivity contribution in [3.05, 3.63) is 11.9 Å². The molecule has 2 unspecified atom stereocenters. The van der Waals surface area contributed by atoms with Crippen molar-refractivity contribution in [3.8, 4) is 0 Å². The van der Waals surface area contributed by atoms with Gasteiger partial charge in [-0.1, -0.05) is 11.8 Å². The fraction of sp³-hybridized carbons (Fsp3) is 0.600. The van der Waals surface area contributed by atoms with Crippen molar-refractivity contribution < 1.29 is 14.1 Å². The maximum atomic E-state index is 11.2. The number of aryl methyl sites for hydroxylation is 1. The molecule has 0 spiro atoms. The van der Waals surface area contributed by atoms with E-state index in [4.69, 9.17) is 5.11 Å². The van der Waals surface area contributed by atoms with E-state index in [0.717, 1.165) is 5.69 Å². The van der Waals surface area contributed by atoms with Crippen LogP contribution >= 0.6 is 11.8 Å². The first kappa shape index (κ1) is 14.2. The Morgan fingerprint density at radius 3 is 2.88 bits per heavy atom. The molecule has 0 saturated carbocycles. The van der Waals surface area contributed by atoms with Crippen LogP contribution in [-0.4, -0.2) is 42.6 Å². The maximum Gasteiger partial charge on any atom is 0.313 e. The SMILES string of the molecule is Cc1cn(C(C)CS(C)=O)c(SCC(=O)O)n1. The van der Waals surface area contributed by atoms with Gasteiger partial charge in [-0.2, -0.15) is 0 Å². The molecular weight excluding hydrogens is 260 g/mol. The second-order valence-corrected chi connectivity index (χ2v) is 6.27. The van der Waals surface area contributed by atoms with Gasteiger partial charge in [0.05, 0.1) is 11.4 Å². The fourth-order valence-electron chi connectivity index (χ4n) is 1.46. The van der Waals surface area contributed by atoms with Crippen LogP contribution in [0.15, 0.2) is 11.4 Å². The van der Waals surface area contributed by atoms with Gasteiger partial charge in [0.25, 0.3) is 0 Å². The number of hydrogen-bond acceptors (Lipinski definition) is 4. The van der Waals surface area contributed by atoms with Gasteiger partial charge in [-0.25, -0.2) is 4.98 Å². The molecule has 96 valence electrons. The third-order valence-electron chi connectivity index (χ3n) is 2.09. The molecule has 1 heterocycles. The minimum Gasteiger partial charge on any atom is -0.481 e. The van der Waals surface area contributed by atoms with Gasteiger partial charge in [0, 0.05) is 35.0 Å². The second-order valence-electron chi connectivity index (χ2n) is 3.84. The number of rotatable bonds is 6. The minimum absolute atomic E-state index is 0.0155. The van der Waals surface area contributed by atoms with Crippen LogP contribution < -0.4 is 0 Å². The van der Waals surface area contributed by atoms with Crippen LogP contribution in [0, 0.1) is 6.92 Å². The van der Waals surface area contributed by atoms with Crippen molar-refractivity contribution in [2.24, 2.45) is 0 Å².